The Balaban J connectivity index is 1.21. The minimum absolute atomic E-state index is 0.247. The molecule has 0 radical (unpaired) electrons. The van der Waals surface area contributed by atoms with Crippen LogP contribution < -0.4 is 10.1 Å². The number of likely N-dealkylation sites (N-methyl/N-ethyl adjacent to an activating group) is 1. The highest BCUT2D eigenvalue weighted by molar-refractivity contribution is 6.00. The predicted molar refractivity (Wildman–Crippen MR) is 172 cm³/mol. The zero-order valence-corrected chi connectivity index (χ0v) is 24.9. The van der Waals surface area contributed by atoms with Gasteiger partial charge >= 0.3 is 0 Å². The Kier molecular flexibility index (Phi) is 7.66. The summed E-state index contributed by atoms with van der Waals surface area (Å²) in [6.07, 6.45) is 13.2. The van der Waals surface area contributed by atoms with Gasteiger partial charge in [-0.2, -0.15) is 5.10 Å². The van der Waals surface area contributed by atoms with Crippen LogP contribution in [0.3, 0.4) is 0 Å². The molecule has 5 aromatic heterocycles. The van der Waals surface area contributed by atoms with Gasteiger partial charge in [-0.15, -0.1) is 0 Å². The van der Waals surface area contributed by atoms with Crippen molar-refractivity contribution < 1.29 is 9.13 Å². The van der Waals surface area contributed by atoms with Gasteiger partial charge < -0.3 is 19.9 Å². The fraction of sp³-hybridized carbons (Fsp3) is 0.294. The number of nitrogens with one attached hydrogen (secondary N) is 3. The number of fused-ring (bicyclic) bond motifs is 2. The maximum absolute atomic E-state index is 14.7. The quantitative estimate of drug-likeness (QED) is 0.166. The van der Waals surface area contributed by atoms with Gasteiger partial charge in [0, 0.05) is 58.6 Å². The first-order valence-corrected chi connectivity index (χ1v) is 15.1. The van der Waals surface area contributed by atoms with Gasteiger partial charge in [-0.05, 0) is 82.2 Å². The van der Waals surface area contributed by atoms with E-state index in [1.807, 2.05) is 50.6 Å². The molecular weight excluding hydrogens is 555 g/mol. The standard InChI is InChI=1S/C34H35FN8O/c1-43(2)11-10-37-24-13-21(12-23(35)15-24)33-27-17-31(40-29(27)8-9-38-33)34-28-16-30(39-20-32(28)41-42-34)22-14-26(19-36-18-22)44-25-6-4-3-5-7-25/h8-9,12-20,25,37,40H,3-7,10-11H2,1-2H3,(H,41,42). The number of hydrogen-bond acceptors (Lipinski definition) is 7. The lowest BCUT2D eigenvalue weighted by Crippen LogP contribution is -2.20. The normalized spacial score (nSPS) is 14.1. The highest BCUT2D eigenvalue weighted by atomic mass is 19.1. The summed E-state index contributed by atoms with van der Waals surface area (Å²) in [5, 5.41) is 12.9. The van der Waals surface area contributed by atoms with Crippen molar-refractivity contribution in [1.29, 1.82) is 0 Å². The number of aromatic nitrogens is 6. The first-order chi connectivity index (χ1) is 21.5. The summed E-state index contributed by atoms with van der Waals surface area (Å²) in [5.74, 6) is 0.457. The van der Waals surface area contributed by atoms with E-state index in [-0.39, 0.29) is 11.9 Å². The van der Waals surface area contributed by atoms with E-state index in [2.05, 4.69) is 40.3 Å². The van der Waals surface area contributed by atoms with Gasteiger partial charge in [0.25, 0.3) is 0 Å². The van der Waals surface area contributed by atoms with Crippen LogP contribution in [0.25, 0.3) is 55.7 Å². The second-order valence-electron chi connectivity index (χ2n) is 11.7. The van der Waals surface area contributed by atoms with E-state index in [4.69, 9.17) is 4.74 Å². The lowest BCUT2D eigenvalue weighted by atomic mass is 9.98. The number of hydrogen-bond donors (Lipinski definition) is 3. The molecule has 6 aromatic rings. The van der Waals surface area contributed by atoms with Crippen LogP contribution in [0.4, 0.5) is 10.1 Å². The van der Waals surface area contributed by atoms with Gasteiger partial charge in [-0.25, -0.2) is 4.39 Å². The predicted octanol–water partition coefficient (Wildman–Crippen LogP) is 7.05. The van der Waals surface area contributed by atoms with Gasteiger partial charge in [0.2, 0.25) is 0 Å². The molecule has 7 rings (SSSR count). The lowest BCUT2D eigenvalue weighted by molar-refractivity contribution is 0.154. The van der Waals surface area contributed by atoms with E-state index in [1.54, 1.807) is 18.6 Å². The van der Waals surface area contributed by atoms with Crippen molar-refractivity contribution in [3.63, 3.8) is 0 Å². The smallest absolute Gasteiger partial charge is 0.138 e. The Hall–Kier alpha value is -4.83. The number of nitrogens with zero attached hydrogens (tertiary/aromatic N) is 5. The molecule has 10 heteroatoms. The van der Waals surface area contributed by atoms with Crippen LogP contribution >= 0.6 is 0 Å². The average Bonchev–Trinajstić information content (AvgIpc) is 3.65. The number of H-pyrrole nitrogens is 2. The van der Waals surface area contributed by atoms with Crippen LogP contribution in [0.5, 0.6) is 5.75 Å². The molecule has 1 saturated carbocycles. The number of rotatable bonds is 9. The first kappa shape index (κ1) is 28.0. The van der Waals surface area contributed by atoms with E-state index < -0.39 is 0 Å². The van der Waals surface area contributed by atoms with Crippen LogP contribution in [0.15, 0.2) is 67.3 Å². The third kappa shape index (κ3) is 5.85. The topological polar surface area (TPSA) is 108 Å². The lowest BCUT2D eigenvalue weighted by Gasteiger charge is -2.22. The minimum Gasteiger partial charge on any atom is -0.489 e. The van der Waals surface area contributed by atoms with Crippen molar-refractivity contribution in [3.8, 4) is 39.7 Å². The molecule has 224 valence electrons. The molecule has 0 atom stereocenters. The zero-order valence-electron chi connectivity index (χ0n) is 24.9. The van der Waals surface area contributed by atoms with Crippen LogP contribution in [0.2, 0.25) is 0 Å². The average molecular weight is 591 g/mol. The maximum atomic E-state index is 14.7. The number of halogens is 1. The molecule has 44 heavy (non-hydrogen) atoms. The van der Waals surface area contributed by atoms with E-state index in [0.717, 1.165) is 75.3 Å². The molecule has 0 spiro atoms. The van der Waals surface area contributed by atoms with Crippen molar-refractivity contribution in [1.82, 2.24) is 35.0 Å². The summed E-state index contributed by atoms with van der Waals surface area (Å²) in [4.78, 5) is 19.4. The summed E-state index contributed by atoms with van der Waals surface area (Å²) < 4.78 is 21.0. The maximum Gasteiger partial charge on any atom is 0.138 e. The summed E-state index contributed by atoms with van der Waals surface area (Å²) in [5.41, 5.74) is 7.09. The molecule has 0 bridgehead atoms. The molecule has 3 N–H and O–H groups in total. The number of benzene rings is 1. The van der Waals surface area contributed by atoms with E-state index in [0.29, 0.717) is 17.8 Å². The summed E-state index contributed by atoms with van der Waals surface area (Å²) in [7, 11) is 4.02. The van der Waals surface area contributed by atoms with Crippen LogP contribution in [0.1, 0.15) is 32.1 Å². The Labute approximate surface area is 254 Å². The van der Waals surface area contributed by atoms with Gasteiger partial charge in [0.05, 0.1) is 41.1 Å². The van der Waals surface area contributed by atoms with Gasteiger partial charge in [-0.3, -0.25) is 20.1 Å². The number of anilines is 1. The van der Waals surface area contributed by atoms with Gasteiger partial charge in [-0.1, -0.05) is 6.42 Å². The molecule has 5 heterocycles. The molecule has 0 amide bonds. The van der Waals surface area contributed by atoms with Crippen molar-refractivity contribution >= 4 is 27.5 Å². The number of aromatic amines is 2. The highest BCUT2D eigenvalue weighted by Gasteiger charge is 2.18. The molecular formula is C34H35FN8O. The summed E-state index contributed by atoms with van der Waals surface area (Å²) >= 11 is 0. The van der Waals surface area contributed by atoms with Gasteiger partial charge in [0.1, 0.15) is 17.3 Å². The Morgan fingerprint density at radius 1 is 0.909 bits per heavy atom. The highest BCUT2D eigenvalue weighted by Crippen LogP contribution is 2.35. The monoisotopic (exact) mass is 590 g/mol. The molecule has 0 unspecified atom stereocenters. The molecule has 9 nitrogen and oxygen atoms in total. The third-order valence-corrected chi connectivity index (χ3v) is 8.17. The number of pyridine rings is 3. The van der Waals surface area contributed by atoms with Crippen molar-refractivity contribution in [2.45, 2.75) is 38.2 Å². The van der Waals surface area contributed by atoms with Gasteiger partial charge in [0.15, 0.2) is 0 Å². The van der Waals surface area contributed by atoms with Crippen molar-refractivity contribution in [2.75, 3.05) is 32.5 Å². The largest absolute Gasteiger partial charge is 0.489 e. The fourth-order valence-corrected chi connectivity index (χ4v) is 5.94. The van der Waals surface area contributed by atoms with Crippen LogP contribution in [-0.4, -0.2) is 68.3 Å². The third-order valence-electron chi connectivity index (χ3n) is 8.17. The second-order valence-corrected chi connectivity index (χ2v) is 11.7. The number of ether oxygens (including phenoxy) is 1. The van der Waals surface area contributed by atoms with E-state index in [1.165, 1.54) is 31.4 Å². The molecule has 1 aliphatic carbocycles. The summed E-state index contributed by atoms with van der Waals surface area (Å²) in [6, 6.07) is 13.0. The SMILES string of the molecule is CN(C)CCNc1cc(F)cc(-c2nccc3[nH]c(-c4n[nH]c5cnc(-c6cncc(OC7CCCCC7)c6)cc45)cc23)c1. The molecule has 0 saturated heterocycles. The van der Waals surface area contributed by atoms with Crippen molar-refractivity contribution in [3.05, 3.63) is 73.1 Å². The Morgan fingerprint density at radius 3 is 2.64 bits per heavy atom. The second kappa shape index (κ2) is 12.0. The van der Waals surface area contributed by atoms with E-state index in [9.17, 15) is 4.39 Å². The van der Waals surface area contributed by atoms with E-state index >= 15 is 0 Å². The van der Waals surface area contributed by atoms with Crippen LogP contribution in [0, 0.1) is 5.82 Å². The molecule has 1 aromatic carbocycles. The van der Waals surface area contributed by atoms with Crippen molar-refractivity contribution in [2.24, 2.45) is 0 Å². The fourth-order valence-electron chi connectivity index (χ4n) is 5.94. The first-order valence-electron chi connectivity index (χ1n) is 15.1. The molecule has 1 aliphatic rings. The molecule has 1 fully saturated rings. The Bertz CT molecular complexity index is 1920. The van der Waals surface area contributed by atoms with Crippen LogP contribution in [-0.2, 0) is 0 Å². The molecule has 0 aliphatic heterocycles. The minimum atomic E-state index is -0.314. The Morgan fingerprint density at radius 2 is 1.77 bits per heavy atom. The zero-order chi connectivity index (χ0) is 30.0. The summed E-state index contributed by atoms with van der Waals surface area (Å²) in [6.45, 7) is 1.55.